The monoisotopic (exact) mass is 215 g/mol. The molecule has 1 unspecified atom stereocenters. The van der Waals surface area contributed by atoms with Gasteiger partial charge in [0.2, 0.25) is 0 Å². The van der Waals surface area contributed by atoms with Gasteiger partial charge in [0.15, 0.2) is 0 Å². The van der Waals surface area contributed by atoms with E-state index in [2.05, 4.69) is 27.7 Å². The Labute approximate surface area is 97.8 Å². The molecule has 0 bridgehead atoms. The number of hydrogen-bond donors (Lipinski definition) is 1. The van der Waals surface area contributed by atoms with Crippen LogP contribution in [0.2, 0.25) is 0 Å². The molecule has 15 heavy (non-hydrogen) atoms. The van der Waals surface area contributed by atoms with Crippen LogP contribution in [0.4, 0.5) is 0 Å². The smallest absolute Gasteiger partial charge is 0.00773 e. The van der Waals surface area contributed by atoms with Crippen molar-refractivity contribution in [1.82, 2.24) is 0 Å². The molecule has 0 aromatic rings. The standard InChI is InChI=1S/C7H17N.C7H16/c1-2-3-4-5-6-7-8;1-4-6-7(3)5-2/h2-8H2,1H3;7H,4-6H2,1-3H3. The maximum Gasteiger partial charge on any atom is -0.00773 e. The summed E-state index contributed by atoms with van der Waals surface area (Å²) in [6.45, 7) is 9.89. The fourth-order valence-corrected chi connectivity index (χ4v) is 1.44. The minimum absolute atomic E-state index is 0.865. The molecule has 0 amide bonds. The first-order chi connectivity index (χ1) is 7.22. The highest BCUT2D eigenvalue weighted by Crippen LogP contribution is 2.07. The van der Waals surface area contributed by atoms with Crippen LogP contribution in [0.1, 0.15) is 79.1 Å². The van der Waals surface area contributed by atoms with Crippen molar-refractivity contribution in [2.75, 3.05) is 6.54 Å². The lowest BCUT2D eigenvalue weighted by atomic mass is 10.0. The summed E-state index contributed by atoms with van der Waals surface area (Å²) >= 11 is 0. The first kappa shape index (κ1) is 17.4. The van der Waals surface area contributed by atoms with E-state index in [0.717, 1.165) is 12.5 Å². The van der Waals surface area contributed by atoms with E-state index in [9.17, 15) is 0 Å². The van der Waals surface area contributed by atoms with Gasteiger partial charge in [0.25, 0.3) is 0 Å². The van der Waals surface area contributed by atoms with Crippen LogP contribution in [0, 0.1) is 5.92 Å². The molecule has 0 radical (unpaired) electrons. The molecule has 0 fully saturated rings. The third-order valence-electron chi connectivity index (χ3n) is 2.79. The van der Waals surface area contributed by atoms with Gasteiger partial charge in [0.05, 0.1) is 0 Å². The quantitative estimate of drug-likeness (QED) is 0.581. The van der Waals surface area contributed by atoms with Crippen LogP contribution >= 0.6 is 0 Å². The molecule has 2 N–H and O–H groups in total. The highest BCUT2D eigenvalue weighted by atomic mass is 14.5. The second-order valence-corrected chi connectivity index (χ2v) is 4.50. The van der Waals surface area contributed by atoms with Crippen molar-refractivity contribution in [1.29, 1.82) is 0 Å². The third kappa shape index (κ3) is 20.1. The fraction of sp³-hybridized carbons (Fsp3) is 1.00. The lowest BCUT2D eigenvalue weighted by Crippen LogP contribution is -1.97. The molecule has 1 atom stereocenters. The number of unbranched alkanes of at least 4 members (excludes halogenated alkanes) is 4. The van der Waals surface area contributed by atoms with E-state index < -0.39 is 0 Å². The van der Waals surface area contributed by atoms with E-state index in [4.69, 9.17) is 5.73 Å². The summed E-state index contributed by atoms with van der Waals surface area (Å²) in [5.74, 6) is 0.949. The van der Waals surface area contributed by atoms with E-state index in [1.807, 2.05) is 0 Å². The van der Waals surface area contributed by atoms with Gasteiger partial charge in [-0.15, -0.1) is 0 Å². The van der Waals surface area contributed by atoms with E-state index in [1.54, 1.807) is 0 Å². The second kappa shape index (κ2) is 16.4. The van der Waals surface area contributed by atoms with Gasteiger partial charge in [-0.25, -0.2) is 0 Å². The topological polar surface area (TPSA) is 26.0 Å². The average molecular weight is 215 g/mol. The zero-order valence-electron chi connectivity index (χ0n) is 11.5. The molecule has 0 heterocycles. The number of rotatable bonds is 8. The Morgan fingerprint density at radius 1 is 0.867 bits per heavy atom. The Morgan fingerprint density at radius 2 is 1.47 bits per heavy atom. The average Bonchev–Trinajstić information content (AvgIpc) is 2.26. The summed E-state index contributed by atoms with van der Waals surface area (Å²) in [7, 11) is 0. The zero-order valence-corrected chi connectivity index (χ0v) is 11.5. The number of hydrogen-bond acceptors (Lipinski definition) is 1. The summed E-state index contributed by atoms with van der Waals surface area (Å²) in [5.41, 5.74) is 5.31. The fourth-order valence-electron chi connectivity index (χ4n) is 1.44. The van der Waals surface area contributed by atoms with Crippen LogP contribution < -0.4 is 5.73 Å². The van der Waals surface area contributed by atoms with Gasteiger partial charge in [0.1, 0.15) is 0 Å². The highest BCUT2D eigenvalue weighted by Gasteiger charge is 1.92. The van der Waals surface area contributed by atoms with Crippen molar-refractivity contribution in [3.05, 3.63) is 0 Å². The normalized spacial score (nSPS) is 11.8. The predicted octanol–water partition coefficient (Wildman–Crippen LogP) is 4.75. The molecule has 0 saturated carbocycles. The summed E-state index contributed by atoms with van der Waals surface area (Å²) in [4.78, 5) is 0. The van der Waals surface area contributed by atoms with E-state index >= 15 is 0 Å². The first-order valence-electron chi connectivity index (χ1n) is 6.92. The van der Waals surface area contributed by atoms with Gasteiger partial charge in [-0.3, -0.25) is 0 Å². The SMILES string of the molecule is CCCC(C)CC.CCCCCCCN. The molecule has 0 aliphatic rings. The number of nitrogens with two attached hydrogens (primary N) is 1. The van der Waals surface area contributed by atoms with Crippen LogP contribution in [-0.2, 0) is 0 Å². The lowest BCUT2D eigenvalue weighted by molar-refractivity contribution is 0.509. The van der Waals surface area contributed by atoms with Crippen LogP contribution in [0.15, 0.2) is 0 Å². The van der Waals surface area contributed by atoms with Gasteiger partial charge in [-0.1, -0.05) is 72.6 Å². The van der Waals surface area contributed by atoms with Crippen LogP contribution in [0.3, 0.4) is 0 Å². The van der Waals surface area contributed by atoms with Gasteiger partial charge < -0.3 is 5.73 Å². The van der Waals surface area contributed by atoms with E-state index in [1.165, 1.54) is 51.4 Å². The summed E-state index contributed by atoms with van der Waals surface area (Å²) in [6, 6.07) is 0. The molecule has 0 aliphatic carbocycles. The summed E-state index contributed by atoms with van der Waals surface area (Å²) < 4.78 is 0. The molecule has 0 aromatic heterocycles. The predicted molar refractivity (Wildman–Crippen MR) is 72.2 cm³/mol. The Hall–Kier alpha value is -0.0400. The minimum Gasteiger partial charge on any atom is -0.330 e. The maximum absolute atomic E-state index is 5.31. The van der Waals surface area contributed by atoms with Crippen molar-refractivity contribution in [3.63, 3.8) is 0 Å². The molecule has 0 spiro atoms. The second-order valence-electron chi connectivity index (χ2n) is 4.50. The first-order valence-corrected chi connectivity index (χ1v) is 6.92. The van der Waals surface area contributed by atoms with E-state index in [0.29, 0.717) is 0 Å². The zero-order chi connectivity index (χ0) is 11.9. The molecular weight excluding hydrogens is 182 g/mol. The Morgan fingerprint density at radius 3 is 1.80 bits per heavy atom. The van der Waals surface area contributed by atoms with Crippen LogP contribution in [0.25, 0.3) is 0 Å². The van der Waals surface area contributed by atoms with Gasteiger partial charge in [-0.2, -0.15) is 0 Å². The maximum atomic E-state index is 5.31. The molecule has 1 heteroatoms. The molecule has 0 aliphatic heterocycles. The van der Waals surface area contributed by atoms with Crippen LogP contribution in [-0.4, -0.2) is 6.54 Å². The van der Waals surface area contributed by atoms with Crippen molar-refractivity contribution >= 4 is 0 Å². The van der Waals surface area contributed by atoms with Gasteiger partial charge in [-0.05, 0) is 18.9 Å². The molecule has 0 saturated heterocycles. The van der Waals surface area contributed by atoms with E-state index in [-0.39, 0.29) is 0 Å². The highest BCUT2D eigenvalue weighted by molar-refractivity contribution is 4.45. The van der Waals surface area contributed by atoms with Crippen LogP contribution in [0.5, 0.6) is 0 Å². The molecule has 0 aromatic carbocycles. The Bertz CT molecular complexity index is 85.3. The summed E-state index contributed by atoms with van der Waals surface area (Å²) in [6.07, 6.45) is 10.7. The van der Waals surface area contributed by atoms with Crippen molar-refractivity contribution < 1.29 is 0 Å². The van der Waals surface area contributed by atoms with Gasteiger partial charge in [0, 0.05) is 0 Å². The summed E-state index contributed by atoms with van der Waals surface area (Å²) in [5, 5.41) is 0. The van der Waals surface area contributed by atoms with Gasteiger partial charge >= 0.3 is 0 Å². The molecule has 94 valence electrons. The molecular formula is C14H33N. The molecule has 1 nitrogen and oxygen atoms in total. The minimum atomic E-state index is 0.865. The largest absolute Gasteiger partial charge is 0.330 e. The molecule has 0 rings (SSSR count). The Kier molecular flexibility index (Phi) is 19.0. The Balaban J connectivity index is 0. The van der Waals surface area contributed by atoms with Crippen molar-refractivity contribution in [3.8, 4) is 0 Å². The van der Waals surface area contributed by atoms with Crippen molar-refractivity contribution in [2.45, 2.75) is 79.1 Å². The lowest BCUT2D eigenvalue weighted by Gasteiger charge is -2.02. The third-order valence-corrected chi connectivity index (χ3v) is 2.79. The van der Waals surface area contributed by atoms with Crippen molar-refractivity contribution in [2.24, 2.45) is 11.7 Å².